The van der Waals surface area contributed by atoms with Crippen molar-refractivity contribution in [1.82, 2.24) is 4.98 Å². The number of halogens is 1. The van der Waals surface area contributed by atoms with E-state index in [4.69, 9.17) is 22.7 Å². The summed E-state index contributed by atoms with van der Waals surface area (Å²) in [6, 6.07) is 9.28. The van der Waals surface area contributed by atoms with Crippen LogP contribution in [0.4, 0.5) is 0 Å². The summed E-state index contributed by atoms with van der Waals surface area (Å²) >= 11 is 8.30. The van der Waals surface area contributed by atoms with Gasteiger partial charge in [0.2, 0.25) is 5.88 Å². The van der Waals surface area contributed by atoms with E-state index in [0.717, 1.165) is 21.3 Å². The van der Waals surface area contributed by atoms with Gasteiger partial charge in [0, 0.05) is 22.3 Å². The first kappa shape index (κ1) is 13.0. The van der Waals surface area contributed by atoms with Gasteiger partial charge in [0.05, 0.1) is 0 Å². The Morgan fingerprint density at radius 1 is 1.33 bits per heavy atom. The summed E-state index contributed by atoms with van der Waals surface area (Å²) in [6.07, 6.45) is 1.60. The fraction of sp³-hybridized carbons (Fsp3) is 0.0769. The lowest BCUT2D eigenvalue weighted by atomic mass is 10.2. The summed E-state index contributed by atoms with van der Waals surface area (Å²) < 4.78 is 6.68. The van der Waals surface area contributed by atoms with Gasteiger partial charge in [-0.15, -0.1) is 0 Å². The van der Waals surface area contributed by atoms with Crippen LogP contribution in [-0.2, 0) is 0 Å². The molecule has 0 aliphatic heterocycles. The van der Waals surface area contributed by atoms with E-state index in [1.807, 2.05) is 25.1 Å². The molecule has 1 aromatic heterocycles. The number of aromatic nitrogens is 1. The third-order valence-electron chi connectivity index (χ3n) is 2.37. The smallest absolute Gasteiger partial charge is 0.219 e. The van der Waals surface area contributed by atoms with Gasteiger partial charge < -0.3 is 10.5 Å². The van der Waals surface area contributed by atoms with Crippen molar-refractivity contribution < 1.29 is 4.74 Å². The molecule has 0 unspecified atom stereocenters. The molecule has 0 radical (unpaired) electrons. The van der Waals surface area contributed by atoms with E-state index in [2.05, 4.69) is 20.9 Å². The summed E-state index contributed by atoms with van der Waals surface area (Å²) in [5.41, 5.74) is 7.33. The number of rotatable bonds is 3. The van der Waals surface area contributed by atoms with Crippen LogP contribution in [0.3, 0.4) is 0 Å². The molecule has 1 heterocycles. The Balaban J connectivity index is 2.18. The SMILES string of the molecule is Cc1cc(Oc2ccc(C(N)=S)cn2)ccc1Br. The van der Waals surface area contributed by atoms with Crippen molar-refractivity contribution in [3.63, 3.8) is 0 Å². The number of aryl methyl sites for hydroxylation is 1. The second-order valence-electron chi connectivity index (χ2n) is 3.76. The van der Waals surface area contributed by atoms with Crippen LogP contribution in [0, 0.1) is 6.92 Å². The van der Waals surface area contributed by atoms with Crippen molar-refractivity contribution >= 4 is 33.1 Å². The van der Waals surface area contributed by atoms with Crippen LogP contribution >= 0.6 is 28.1 Å². The number of pyridine rings is 1. The van der Waals surface area contributed by atoms with Crippen LogP contribution in [0.1, 0.15) is 11.1 Å². The molecule has 2 aromatic rings. The fourth-order valence-corrected chi connectivity index (χ4v) is 1.76. The average molecular weight is 323 g/mol. The van der Waals surface area contributed by atoms with E-state index in [1.165, 1.54) is 0 Å². The number of hydrogen-bond acceptors (Lipinski definition) is 3. The molecule has 92 valence electrons. The van der Waals surface area contributed by atoms with E-state index in [9.17, 15) is 0 Å². The number of ether oxygens (including phenoxy) is 1. The molecular formula is C13H11BrN2OS. The van der Waals surface area contributed by atoms with Crippen LogP contribution in [0.2, 0.25) is 0 Å². The van der Waals surface area contributed by atoms with E-state index in [0.29, 0.717) is 10.9 Å². The minimum Gasteiger partial charge on any atom is -0.439 e. The summed E-state index contributed by atoms with van der Waals surface area (Å²) in [6.45, 7) is 2.00. The fourth-order valence-electron chi connectivity index (χ4n) is 1.39. The maximum Gasteiger partial charge on any atom is 0.219 e. The molecule has 0 saturated heterocycles. The third-order valence-corrected chi connectivity index (χ3v) is 3.50. The predicted molar refractivity (Wildman–Crippen MR) is 79.1 cm³/mol. The summed E-state index contributed by atoms with van der Waals surface area (Å²) in [5.74, 6) is 1.25. The Hall–Kier alpha value is -1.46. The van der Waals surface area contributed by atoms with E-state index in [-0.39, 0.29) is 0 Å². The number of thiocarbonyl (C=S) groups is 1. The molecule has 0 fully saturated rings. The van der Waals surface area contributed by atoms with Crippen LogP contribution in [0.25, 0.3) is 0 Å². The molecule has 5 heteroatoms. The molecule has 3 nitrogen and oxygen atoms in total. The van der Waals surface area contributed by atoms with Crippen molar-refractivity contribution in [3.8, 4) is 11.6 Å². The van der Waals surface area contributed by atoms with Gasteiger partial charge in [0.15, 0.2) is 0 Å². The molecule has 0 amide bonds. The Bertz CT molecular complexity index is 584. The Morgan fingerprint density at radius 3 is 2.67 bits per heavy atom. The standard InChI is InChI=1S/C13H11BrN2OS/c1-8-6-10(3-4-11(8)14)17-12-5-2-9(7-16-12)13(15)18/h2-7H,1H3,(H2,15,18). The van der Waals surface area contributed by atoms with Gasteiger partial charge in [0.25, 0.3) is 0 Å². The highest BCUT2D eigenvalue weighted by molar-refractivity contribution is 9.10. The lowest BCUT2D eigenvalue weighted by Crippen LogP contribution is -2.09. The summed E-state index contributed by atoms with van der Waals surface area (Å²) in [7, 11) is 0. The zero-order chi connectivity index (χ0) is 13.1. The molecule has 0 bridgehead atoms. The third kappa shape index (κ3) is 3.05. The van der Waals surface area contributed by atoms with E-state index >= 15 is 0 Å². The molecule has 2 rings (SSSR count). The molecule has 0 atom stereocenters. The summed E-state index contributed by atoms with van der Waals surface area (Å²) in [4.78, 5) is 4.47. The molecule has 0 spiro atoms. The molecule has 18 heavy (non-hydrogen) atoms. The molecule has 0 saturated carbocycles. The molecular weight excluding hydrogens is 312 g/mol. The van der Waals surface area contributed by atoms with Gasteiger partial charge in [-0.2, -0.15) is 0 Å². The van der Waals surface area contributed by atoms with Crippen LogP contribution in [-0.4, -0.2) is 9.97 Å². The van der Waals surface area contributed by atoms with Crippen molar-refractivity contribution in [2.75, 3.05) is 0 Å². The minimum absolute atomic E-state index is 0.327. The van der Waals surface area contributed by atoms with Gasteiger partial charge >= 0.3 is 0 Å². The van der Waals surface area contributed by atoms with Crippen molar-refractivity contribution in [3.05, 3.63) is 52.1 Å². The second-order valence-corrected chi connectivity index (χ2v) is 5.06. The monoisotopic (exact) mass is 322 g/mol. The quantitative estimate of drug-likeness (QED) is 0.877. The first-order chi connectivity index (χ1) is 8.56. The van der Waals surface area contributed by atoms with Crippen LogP contribution in [0.5, 0.6) is 11.6 Å². The Labute approximate surface area is 119 Å². The number of benzene rings is 1. The normalized spacial score (nSPS) is 10.1. The van der Waals surface area contributed by atoms with Crippen molar-refractivity contribution in [2.24, 2.45) is 5.73 Å². The highest BCUT2D eigenvalue weighted by Gasteiger charge is 2.02. The van der Waals surface area contributed by atoms with Crippen molar-refractivity contribution in [2.45, 2.75) is 6.92 Å². The van der Waals surface area contributed by atoms with Crippen LogP contribution < -0.4 is 10.5 Å². The number of nitrogens with zero attached hydrogens (tertiary/aromatic N) is 1. The minimum atomic E-state index is 0.327. The Kier molecular flexibility index (Phi) is 3.93. The van der Waals surface area contributed by atoms with E-state index in [1.54, 1.807) is 18.3 Å². The van der Waals surface area contributed by atoms with Gasteiger partial charge in [-0.3, -0.25) is 0 Å². The molecule has 0 aliphatic carbocycles. The maximum atomic E-state index is 5.63. The topological polar surface area (TPSA) is 48.1 Å². The highest BCUT2D eigenvalue weighted by Crippen LogP contribution is 2.25. The zero-order valence-corrected chi connectivity index (χ0v) is 12.1. The second kappa shape index (κ2) is 5.46. The van der Waals surface area contributed by atoms with Gasteiger partial charge in [-0.1, -0.05) is 28.1 Å². The number of nitrogens with two attached hydrogens (primary N) is 1. The molecule has 0 aliphatic rings. The lowest BCUT2D eigenvalue weighted by molar-refractivity contribution is 0.462. The molecule has 2 N–H and O–H groups in total. The van der Waals surface area contributed by atoms with Gasteiger partial charge in [-0.05, 0) is 36.8 Å². The highest BCUT2D eigenvalue weighted by atomic mass is 79.9. The predicted octanol–water partition coefficient (Wildman–Crippen LogP) is 3.58. The van der Waals surface area contributed by atoms with E-state index < -0.39 is 0 Å². The van der Waals surface area contributed by atoms with Crippen molar-refractivity contribution in [1.29, 1.82) is 0 Å². The average Bonchev–Trinajstić information content (AvgIpc) is 2.34. The Morgan fingerprint density at radius 2 is 2.11 bits per heavy atom. The summed E-state index contributed by atoms with van der Waals surface area (Å²) in [5, 5.41) is 0. The first-order valence-electron chi connectivity index (χ1n) is 5.26. The van der Waals surface area contributed by atoms with Crippen LogP contribution in [0.15, 0.2) is 41.0 Å². The first-order valence-corrected chi connectivity index (χ1v) is 6.46. The zero-order valence-electron chi connectivity index (χ0n) is 9.68. The number of hydrogen-bond donors (Lipinski definition) is 1. The van der Waals surface area contributed by atoms with Gasteiger partial charge in [0.1, 0.15) is 10.7 Å². The largest absolute Gasteiger partial charge is 0.439 e. The van der Waals surface area contributed by atoms with Gasteiger partial charge in [-0.25, -0.2) is 4.98 Å². The molecule has 1 aromatic carbocycles. The lowest BCUT2D eigenvalue weighted by Gasteiger charge is -2.07. The maximum absolute atomic E-state index is 5.63.